The van der Waals surface area contributed by atoms with E-state index in [1.54, 1.807) is 0 Å². The van der Waals surface area contributed by atoms with Gasteiger partial charge in [-0.05, 0) is 25.8 Å². The maximum atomic E-state index is 5.45. The number of hydrogen-bond acceptors (Lipinski definition) is 3. The van der Waals surface area contributed by atoms with Crippen LogP contribution in [0.25, 0.3) is 0 Å². The largest absolute Gasteiger partial charge is 0.381 e. The Bertz CT molecular complexity index is 376. The van der Waals surface area contributed by atoms with Gasteiger partial charge in [-0.2, -0.15) is 0 Å². The second kappa shape index (κ2) is 4.42. The number of aromatic nitrogens is 2. The van der Waals surface area contributed by atoms with Crippen LogP contribution >= 0.6 is 0 Å². The number of nitrogens with zero attached hydrogens (tertiary/aromatic N) is 1. The summed E-state index contributed by atoms with van der Waals surface area (Å²) in [6, 6.07) is 0. The van der Waals surface area contributed by atoms with Gasteiger partial charge in [0.2, 0.25) is 0 Å². The van der Waals surface area contributed by atoms with Crippen molar-refractivity contribution in [3.05, 3.63) is 17.7 Å². The lowest BCUT2D eigenvalue weighted by Gasteiger charge is -2.32. The quantitative estimate of drug-likeness (QED) is 0.818. The molecule has 2 N–H and O–H groups in total. The van der Waals surface area contributed by atoms with Gasteiger partial charge in [0, 0.05) is 43.0 Å². The van der Waals surface area contributed by atoms with Crippen molar-refractivity contribution in [2.45, 2.75) is 37.5 Å². The lowest BCUT2D eigenvalue weighted by Crippen LogP contribution is -2.31. The van der Waals surface area contributed by atoms with E-state index in [1.807, 2.05) is 6.20 Å². The van der Waals surface area contributed by atoms with Gasteiger partial charge in [-0.1, -0.05) is 6.92 Å². The Hall–Kier alpha value is -0.870. The van der Waals surface area contributed by atoms with E-state index in [-0.39, 0.29) is 5.41 Å². The zero-order chi connectivity index (χ0) is 11.7. The molecule has 2 saturated heterocycles. The summed E-state index contributed by atoms with van der Waals surface area (Å²) in [7, 11) is 0. The van der Waals surface area contributed by atoms with Crippen molar-refractivity contribution >= 4 is 0 Å². The van der Waals surface area contributed by atoms with Gasteiger partial charge < -0.3 is 15.0 Å². The van der Waals surface area contributed by atoms with Crippen LogP contribution in [-0.4, -0.2) is 36.3 Å². The van der Waals surface area contributed by atoms with Crippen molar-refractivity contribution in [2.75, 3.05) is 26.3 Å². The second-order valence-corrected chi connectivity index (χ2v) is 5.54. The molecular weight excluding hydrogens is 214 g/mol. The predicted molar refractivity (Wildman–Crippen MR) is 66.2 cm³/mol. The van der Waals surface area contributed by atoms with E-state index in [0.29, 0.717) is 5.92 Å². The summed E-state index contributed by atoms with van der Waals surface area (Å²) in [5.74, 6) is 1.74. The maximum Gasteiger partial charge on any atom is 0.110 e. The Balaban J connectivity index is 1.78. The molecule has 17 heavy (non-hydrogen) atoms. The van der Waals surface area contributed by atoms with Gasteiger partial charge in [0.25, 0.3) is 0 Å². The minimum Gasteiger partial charge on any atom is -0.381 e. The molecule has 3 rings (SSSR count). The summed E-state index contributed by atoms with van der Waals surface area (Å²) in [6.07, 6.45) is 5.43. The lowest BCUT2D eigenvalue weighted by molar-refractivity contribution is 0.0551. The van der Waals surface area contributed by atoms with Crippen LogP contribution in [0, 0.1) is 0 Å². The van der Waals surface area contributed by atoms with Crippen LogP contribution < -0.4 is 5.32 Å². The van der Waals surface area contributed by atoms with E-state index in [0.717, 1.165) is 45.0 Å². The summed E-state index contributed by atoms with van der Waals surface area (Å²) in [5.41, 5.74) is 1.53. The molecule has 0 saturated carbocycles. The predicted octanol–water partition coefficient (Wildman–Crippen LogP) is 1.55. The van der Waals surface area contributed by atoms with Crippen LogP contribution in [0.1, 0.15) is 43.6 Å². The fourth-order valence-electron chi connectivity index (χ4n) is 2.83. The topological polar surface area (TPSA) is 49.9 Å². The van der Waals surface area contributed by atoms with Gasteiger partial charge in [-0.15, -0.1) is 0 Å². The fraction of sp³-hybridized carbons (Fsp3) is 0.769. The Morgan fingerprint density at radius 3 is 2.94 bits per heavy atom. The van der Waals surface area contributed by atoms with Crippen LogP contribution in [0.3, 0.4) is 0 Å². The molecule has 0 bridgehead atoms. The Morgan fingerprint density at radius 2 is 2.24 bits per heavy atom. The van der Waals surface area contributed by atoms with Crippen molar-refractivity contribution in [3.8, 4) is 0 Å². The van der Waals surface area contributed by atoms with Crippen molar-refractivity contribution < 1.29 is 4.74 Å². The van der Waals surface area contributed by atoms with Gasteiger partial charge >= 0.3 is 0 Å². The van der Waals surface area contributed by atoms with E-state index in [9.17, 15) is 0 Å². The number of hydrogen-bond donors (Lipinski definition) is 2. The summed E-state index contributed by atoms with van der Waals surface area (Å²) in [4.78, 5) is 8.14. The van der Waals surface area contributed by atoms with Gasteiger partial charge in [0.1, 0.15) is 5.82 Å². The van der Waals surface area contributed by atoms with E-state index in [1.165, 1.54) is 12.1 Å². The molecule has 4 heteroatoms. The average Bonchev–Trinajstić information content (AvgIpc) is 3.01. The minimum atomic E-state index is 0.232. The number of aromatic amines is 1. The monoisotopic (exact) mass is 235 g/mol. The molecule has 2 fully saturated rings. The number of nitrogens with one attached hydrogen (secondary N) is 2. The van der Waals surface area contributed by atoms with E-state index in [2.05, 4.69) is 22.2 Å². The molecule has 94 valence electrons. The summed E-state index contributed by atoms with van der Waals surface area (Å²) in [5, 5.41) is 3.39. The Labute approximate surface area is 102 Å². The highest BCUT2D eigenvalue weighted by molar-refractivity contribution is 5.17. The minimum absolute atomic E-state index is 0.232. The first-order valence-corrected chi connectivity index (χ1v) is 6.62. The fourth-order valence-corrected chi connectivity index (χ4v) is 2.83. The van der Waals surface area contributed by atoms with Crippen molar-refractivity contribution in [1.29, 1.82) is 0 Å². The highest BCUT2D eigenvalue weighted by atomic mass is 16.5. The third-order valence-corrected chi connectivity index (χ3v) is 4.29. The molecule has 1 aromatic rings. The Morgan fingerprint density at radius 1 is 1.41 bits per heavy atom. The molecular formula is C13H21N3O. The third kappa shape index (κ3) is 2.11. The molecule has 4 nitrogen and oxygen atoms in total. The molecule has 0 aliphatic carbocycles. The number of rotatable bonds is 2. The number of H-pyrrole nitrogens is 1. The number of imidazole rings is 1. The van der Waals surface area contributed by atoms with Crippen molar-refractivity contribution in [1.82, 2.24) is 15.3 Å². The van der Waals surface area contributed by atoms with E-state index < -0.39 is 0 Å². The average molecular weight is 235 g/mol. The first-order valence-electron chi connectivity index (χ1n) is 6.62. The van der Waals surface area contributed by atoms with Crippen LogP contribution in [0.2, 0.25) is 0 Å². The zero-order valence-corrected chi connectivity index (χ0v) is 10.5. The lowest BCUT2D eigenvalue weighted by atomic mass is 9.80. The standard InChI is InChI=1S/C13H21N3O/c1-13(3-6-17-7-4-13)11-9-15-12(16-11)10-2-5-14-8-10/h9-10,14H,2-8H2,1H3,(H,15,16). The molecule has 0 spiro atoms. The summed E-state index contributed by atoms with van der Waals surface area (Å²) < 4.78 is 5.45. The molecule has 1 unspecified atom stereocenters. The highest BCUT2D eigenvalue weighted by Crippen LogP contribution is 2.34. The molecule has 0 aromatic carbocycles. The molecule has 0 radical (unpaired) electrons. The molecule has 0 amide bonds. The van der Waals surface area contributed by atoms with Crippen LogP contribution in [0.4, 0.5) is 0 Å². The molecule has 1 atom stereocenters. The molecule has 2 aliphatic heterocycles. The Kier molecular flexibility index (Phi) is 2.92. The van der Waals surface area contributed by atoms with Crippen LogP contribution in [-0.2, 0) is 10.2 Å². The summed E-state index contributed by atoms with van der Waals surface area (Å²) >= 11 is 0. The van der Waals surface area contributed by atoms with E-state index in [4.69, 9.17) is 4.74 Å². The first-order chi connectivity index (χ1) is 8.28. The molecule has 2 aliphatic rings. The van der Waals surface area contributed by atoms with Gasteiger partial charge in [-0.3, -0.25) is 0 Å². The number of ether oxygens (including phenoxy) is 1. The van der Waals surface area contributed by atoms with Crippen LogP contribution in [0.15, 0.2) is 6.20 Å². The first kappa shape index (κ1) is 11.2. The summed E-state index contributed by atoms with van der Waals surface area (Å²) in [6.45, 7) is 6.24. The zero-order valence-electron chi connectivity index (χ0n) is 10.5. The molecule has 1 aromatic heterocycles. The van der Waals surface area contributed by atoms with Crippen LogP contribution in [0.5, 0.6) is 0 Å². The molecule has 3 heterocycles. The smallest absolute Gasteiger partial charge is 0.110 e. The SMILES string of the molecule is CC1(c2cnc(C3CCNC3)[nH]2)CCOCC1. The third-order valence-electron chi connectivity index (χ3n) is 4.29. The van der Waals surface area contributed by atoms with Gasteiger partial charge in [0.05, 0.1) is 0 Å². The van der Waals surface area contributed by atoms with Crippen molar-refractivity contribution in [2.24, 2.45) is 0 Å². The second-order valence-electron chi connectivity index (χ2n) is 5.54. The van der Waals surface area contributed by atoms with Gasteiger partial charge in [-0.25, -0.2) is 4.98 Å². The normalized spacial score (nSPS) is 28.4. The van der Waals surface area contributed by atoms with Gasteiger partial charge in [0.15, 0.2) is 0 Å². The van der Waals surface area contributed by atoms with E-state index >= 15 is 0 Å². The highest BCUT2D eigenvalue weighted by Gasteiger charge is 2.32. The maximum absolute atomic E-state index is 5.45. The van der Waals surface area contributed by atoms with Crippen molar-refractivity contribution in [3.63, 3.8) is 0 Å².